The van der Waals surface area contributed by atoms with E-state index >= 15 is 0 Å². The van der Waals surface area contributed by atoms with E-state index in [1.165, 1.54) is 23.5 Å². The lowest BCUT2D eigenvalue weighted by molar-refractivity contribution is -0.127. The Morgan fingerprint density at radius 1 is 1.19 bits per heavy atom. The van der Waals surface area contributed by atoms with E-state index in [4.69, 9.17) is 0 Å². The molecule has 190 valence electrons. The Morgan fingerprint density at radius 3 is 2.65 bits per heavy atom. The van der Waals surface area contributed by atoms with Gasteiger partial charge in [-0.3, -0.25) is 19.4 Å². The first kappa shape index (κ1) is 24.6. The molecule has 0 aliphatic carbocycles. The Hall–Kier alpha value is -4.11. The minimum Gasteiger partial charge on any atom is -0.396 e. The van der Waals surface area contributed by atoms with Crippen LogP contribution < -0.4 is 10.9 Å². The van der Waals surface area contributed by atoms with Crippen molar-refractivity contribution in [3.8, 4) is 0 Å². The highest BCUT2D eigenvalue weighted by Gasteiger charge is 2.57. The molecule has 5 rings (SSSR count). The highest BCUT2D eigenvalue weighted by Crippen LogP contribution is 2.49. The van der Waals surface area contributed by atoms with Crippen LogP contribution in [0.3, 0.4) is 0 Å². The van der Waals surface area contributed by atoms with E-state index < -0.39 is 23.9 Å². The van der Waals surface area contributed by atoms with Gasteiger partial charge in [-0.05, 0) is 31.5 Å². The fourth-order valence-electron chi connectivity index (χ4n) is 5.70. The number of benzene rings is 1. The van der Waals surface area contributed by atoms with Gasteiger partial charge in [0.1, 0.15) is 11.7 Å². The summed E-state index contributed by atoms with van der Waals surface area (Å²) in [5.41, 5.74) is 2.05. The summed E-state index contributed by atoms with van der Waals surface area (Å²) >= 11 is 0. The molecule has 5 atom stereocenters. The summed E-state index contributed by atoms with van der Waals surface area (Å²) in [5.74, 6) is -1.72. The third-order valence-electron chi connectivity index (χ3n) is 7.40. The maximum absolute atomic E-state index is 13.8. The van der Waals surface area contributed by atoms with Gasteiger partial charge in [-0.15, -0.1) is 0 Å². The first-order chi connectivity index (χ1) is 18.0. The van der Waals surface area contributed by atoms with E-state index in [0.29, 0.717) is 17.8 Å². The monoisotopic (exact) mass is 499 g/mol. The molecule has 2 N–H and O–H groups in total. The van der Waals surface area contributed by atoms with Gasteiger partial charge in [-0.2, -0.15) is 0 Å². The Labute approximate surface area is 214 Å². The number of likely N-dealkylation sites (tertiary alicyclic amines) is 1. The lowest BCUT2D eigenvalue weighted by Crippen LogP contribution is -2.51. The number of carbonyl (C=O) groups is 2. The number of amides is 2. The number of nitrogens with one attached hydrogen (secondary N) is 1. The summed E-state index contributed by atoms with van der Waals surface area (Å²) in [6, 6.07) is 11.3. The highest BCUT2D eigenvalue weighted by atomic mass is 16.3. The Morgan fingerprint density at radius 2 is 1.97 bits per heavy atom. The molecule has 2 aliphatic heterocycles. The van der Waals surface area contributed by atoms with E-state index in [1.807, 2.05) is 50.2 Å². The van der Waals surface area contributed by atoms with Crippen molar-refractivity contribution in [1.29, 1.82) is 0 Å². The summed E-state index contributed by atoms with van der Waals surface area (Å²) in [6.45, 7) is 3.71. The van der Waals surface area contributed by atoms with Crippen LogP contribution in [0.1, 0.15) is 53.2 Å². The van der Waals surface area contributed by atoms with Crippen LogP contribution in [-0.2, 0) is 11.3 Å². The fourth-order valence-corrected chi connectivity index (χ4v) is 5.70. The molecular weight excluding hydrogens is 470 g/mol. The van der Waals surface area contributed by atoms with Gasteiger partial charge in [0.05, 0.1) is 18.3 Å². The van der Waals surface area contributed by atoms with Crippen LogP contribution in [0.15, 0.2) is 71.9 Å². The lowest BCUT2D eigenvalue weighted by atomic mass is 9.88. The van der Waals surface area contributed by atoms with Crippen molar-refractivity contribution < 1.29 is 14.7 Å². The van der Waals surface area contributed by atoms with E-state index in [2.05, 4.69) is 15.3 Å². The summed E-state index contributed by atoms with van der Waals surface area (Å²) in [6.07, 6.45) is 7.81. The van der Waals surface area contributed by atoms with Gasteiger partial charge in [0.2, 0.25) is 5.91 Å². The second kappa shape index (κ2) is 10.1. The van der Waals surface area contributed by atoms with Crippen LogP contribution >= 0.6 is 0 Å². The molecule has 1 fully saturated rings. The first-order valence-electron chi connectivity index (χ1n) is 12.4. The van der Waals surface area contributed by atoms with Gasteiger partial charge >= 0.3 is 0 Å². The second-order valence-electron chi connectivity index (χ2n) is 9.47. The van der Waals surface area contributed by atoms with E-state index in [9.17, 15) is 19.5 Å². The normalized spacial score (nSPS) is 23.1. The molecule has 2 amide bonds. The Kier molecular flexibility index (Phi) is 6.71. The molecule has 0 saturated carbocycles. The van der Waals surface area contributed by atoms with Crippen molar-refractivity contribution in [2.24, 2.45) is 11.8 Å². The number of carbonyl (C=O) groups excluding carboxylic acids is 2. The number of pyridine rings is 1. The highest BCUT2D eigenvalue weighted by molar-refractivity contribution is 5.97. The maximum atomic E-state index is 13.8. The number of fused-ring (bicyclic) bond motifs is 3. The lowest BCUT2D eigenvalue weighted by Gasteiger charge is -2.31. The van der Waals surface area contributed by atoms with Crippen molar-refractivity contribution in [1.82, 2.24) is 24.8 Å². The van der Waals surface area contributed by atoms with Gasteiger partial charge in [0, 0.05) is 48.6 Å². The SMILES string of the molecule is C/C=C\c1ccc2n(c1=O)C[C@H]1[C@H](CO)[C@@H](C(=O)N[C@@H](C)c3ccccc3)N(C(=O)c3cnccn3)[C@@H]21. The average Bonchev–Trinajstić information content (AvgIpc) is 3.46. The third kappa shape index (κ3) is 4.25. The number of rotatable bonds is 6. The quantitative estimate of drug-likeness (QED) is 0.538. The molecule has 0 unspecified atom stereocenters. The van der Waals surface area contributed by atoms with Crippen LogP contribution in [0, 0.1) is 11.8 Å². The van der Waals surface area contributed by atoms with Crippen LogP contribution in [-0.4, -0.2) is 49.0 Å². The van der Waals surface area contributed by atoms with Gasteiger partial charge < -0.3 is 19.9 Å². The molecule has 3 aromatic rings. The molecular formula is C28H29N5O4. The zero-order chi connectivity index (χ0) is 26.1. The summed E-state index contributed by atoms with van der Waals surface area (Å²) in [4.78, 5) is 50.5. The van der Waals surface area contributed by atoms with Crippen molar-refractivity contribution >= 4 is 17.9 Å². The second-order valence-corrected chi connectivity index (χ2v) is 9.47. The maximum Gasteiger partial charge on any atom is 0.275 e. The number of hydrogen-bond donors (Lipinski definition) is 2. The topological polar surface area (TPSA) is 117 Å². The predicted octanol–water partition coefficient (Wildman–Crippen LogP) is 2.35. The van der Waals surface area contributed by atoms with E-state index in [-0.39, 0.29) is 35.7 Å². The van der Waals surface area contributed by atoms with Gasteiger partial charge in [0.15, 0.2) is 0 Å². The third-order valence-corrected chi connectivity index (χ3v) is 7.40. The fraction of sp³-hybridized carbons (Fsp3) is 0.321. The number of allylic oxidation sites excluding steroid dienone is 1. The number of hydrogen-bond acceptors (Lipinski definition) is 6. The average molecular weight is 500 g/mol. The molecule has 2 aliphatic rings. The predicted molar refractivity (Wildman–Crippen MR) is 137 cm³/mol. The minimum absolute atomic E-state index is 0.0973. The molecule has 0 radical (unpaired) electrons. The molecule has 1 saturated heterocycles. The molecule has 2 aromatic heterocycles. The molecule has 4 heterocycles. The van der Waals surface area contributed by atoms with E-state index in [1.54, 1.807) is 22.8 Å². The van der Waals surface area contributed by atoms with Crippen molar-refractivity contribution in [2.45, 2.75) is 38.5 Å². The van der Waals surface area contributed by atoms with Crippen LogP contribution in [0.4, 0.5) is 0 Å². The number of aliphatic hydroxyl groups is 1. The molecule has 0 bridgehead atoms. The molecule has 37 heavy (non-hydrogen) atoms. The van der Waals surface area contributed by atoms with Crippen LogP contribution in [0.2, 0.25) is 0 Å². The largest absolute Gasteiger partial charge is 0.396 e. The molecule has 0 spiro atoms. The smallest absolute Gasteiger partial charge is 0.275 e. The van der Waals surface area contributed by atoms with Crippen molar-refractivity contribution in [2.75, 3.05) is 6.61 Å². The zero-order valence-electron chi connectivity index (χ0n) is 20.7. The summed E-state index contributed by atoms with van der Waals surface area (Å²) in [7, 11) is 0. The van der Waals surface area contributed by atoms with Crippen molar-refractivity contribution in [3.63, 3.8) is 0 Å². The molecule has 1 aromatic carbocycles. The molecule has 9 nitrogen and oxygen atoms in total. The standard InChI is InChI=1S/C28H29N5O4/c1-3-7-19-10-11-23-24-20(15-32(23)27(19)36)21(16-34)25(33(24)28(37)22-14-29-12-13-30-22)26(35)31-17(2)18-8-5-4-6-9-18/h3-14,17,20-21,24-25,34H,15-16H2,1-2H3,(H,31,35)/b7-3-/t17-,20-,21-,24+,25-/m0/s1. The minimum atomic E-state index is -0.945. The molecule has 9 heteroatoms. The van der Waals surface area contributed by atoms with E-state index in [0.717, 1.165) is 5.56 Å². The van der Waals surface area contributed by atoms with Gasteiger partial charge in [-0.1, -0.05) is 42.5 Å². The zero-order valence-corrected chi connectivity index (χ0v) is 20.7. The van der Waals surface area contributed by atoms with Crippen LogP contribution in [0.5, 0.6) is 0 Å². The number of nitrogens with zero attached hydrogens (tertiary/aromatic N) is 4. The Bertz CT molecular complexity index is 1390. The van der Waals surface area contributed by atoms with Gasteiger partial charge in [-0.25, -0.2) is 4.98 Å². The van der Waals surface area contributed by atoms with Crippen LogP contribution in [0.25, 0.3) is 6.08 Å². The summed E-state index contributed by atoms with van der Waals surface area (Å²) in [5, 5.41) is 13.5. The Balaban J connectivity index is 1.57. The number of aromatic nitrogens is 3. The summed E-state index contributed by atoms with van der Waals surface area (Å²) < 4.78 is 1.66. The van der Waals surface area contributed by atoms with Crippen molar-refractivity contribution in [3.05, 3.63) is 100.0 Å². The first-order valence-corrected chi connectivity index (χ1v) is 12.4. The van der Waals surface area contributed by atoms with Gasteiger partial charge in [0.25, 0.3) is 11.5 Å². The number of aliphatic hydroxyl groups excluding tert-OH is 1.